The van der Waals surface area contributed by atoms with Gasteiger partial charge in [0.25, 0.3) is 0 Å². The first-order valence-electron chi connectivity index (χ1n) is 4.74. The molecule has 0 spiro atoms. The molecule has 0 aromatic carbocycles. The lowest BCUT2D eigenvalue weighted by Crippen LogP contribution is -2.20. The maximum atomic E-state index is 5.25. The van der Waals surface area contributed by atoms with E-state index in [0.717, 1.165) is 32.6 Å². The zero-order valence-electron chi connectivity index (χ0n) is 9.58. The average Bonchev–Trinajstić information content (AvgIpc) is 2.01. The molecule has 4 N–H and O–H groups in total. The molecule has 0 amide bonds. The molecular weight excluding hydrogens is 164 g/mol. The number of rotatable bonds is 5. The molecule has 0 atom stereocenters. The molecule has 0 unspecified atom stereocenters. The summed E-state index contributed by atoms with van der Waals surface area (Å²) in [5.41, 5.74) is 10.4. The minimum absolute atomic E-state index is 0.757. The van der Waals surface area contributed by atoms with Gasteiger partial charge in [-0.1, -0.05) is 0 Å². The van der Waals surface area contributed by atoms with Crippen LogP contribution in [0.1, 0.15) is 6.42 Å². The van der Waals surface area contributed by atoms with Gasteiger partial charge in [-0.15, -0.1) is 0 Å². The molecule has 0 rings (SSSR count). The van der Waals surface area contributed by atoms with Gasteiger partial charge in [-0.2, -0.15) is 0 Å². The van der Waals surface area contributed by atoms with Crippen LogP contribution in [0.3, 0.4) is 0 Å². The molecule has 0 aliphatic carbocycles. The topological polar surface area (TPSA) is 58.5 Å². The second-order valence-corrected chi connectivity index (χ2v) is 3.54. The van der Waals surface area contributed by atoms with Crippen LogP contribution in [-0.4, -0.2) is 64.2 Å². The minimum atomic E-state index is 0.757. The molecule has 0 aromatic heterocycles. The Morgan fingerprint density at radius 2 is 1.23 bits per heavy atom. The van der Waals surface area contributed by atoms with Gasteiger partial charge in [0.05, 0.1) is 0 Å². The Hall–Kier alpha value is -0.160. The van der Waals surface area contributed by atoms with E-state index in [-0.39, 0.29) is 0 Å². The van der Waals surface area contributed by atoms with Crippen molar-refractivity contribution in [3.8, 4) is 0 Å². The van der Waals surface area contributed by atoms with Gasteiger partial charge in [-0.3, -0.25) is 0 Å². The van der Waals surface area contributed by atoms with Crippen molar-refractivity contribution >= 4 is 0 Å². The van der Waals surface area contributed by atoms with E-state index in [0.29, 0.717) is 0 Å². The molecule has 13 heavy (non-hydrogen) atoms. The standard InChI is InChI=1S/C5H14N2.C4H12N2/c1-7(2)5-3-4-6;1-6(2)4-3-5/h3-6H2,1-2H3;3-5H2,1-2H3. The molecule has 0 heterocycles. The van der Waals surface area contributed by atoms with Gasteiger partial charge in [0.1, 0.15) is 0 Å². The van der Waals surface area contributed by atoms with Crippen molar-refractivity contribution < 1.29 is 0 Å². The summed E-state index contributed by atoms with van der Waals surface area (Å²) in [4.78, 5) is 4.19. The molecule has 0 saturated heterocycles. The number of nitrogens with zero attached hydrogens (tertiary/aromatic N) is 2. The van der Waals surface area contributed by atoms with Crippen molar-refractivity contribution in [3.05, 3.63) is 0 Å². The van der Waals surface area contributed by atoms with Crippen LogP contribution < -0.4 is 11.5 Å². The highest BCUT2D eigenvalue weighted by Gasteiger charge is 1.83. The second kappa shape index (κ2) is 11.8. The molecule has 0 saturated carbocycles. The predicted molar refractivity (Wildman–Crippen MR) is 59.8 cm³/mol. The first kappa shape index (κ1) is 15.3. The van der Waals surface area contributed by atoms with Crippen molar-refractivity contribution in [1.82, 2.24) is 9.80 Å². The molecule has 82 valence electrons. The van der Waals surface area contributed by atoms with Crippen molar-refractivity contribution in [2.24, 2.45) is 11.5 Å². The zero-order chi connectivity index (χ0) is 10.7. The summed E-state index contributed by atoms with van der Waals surface area (Å²) >= 11 is 0. The third-order valence-electron chi connectivity index (χ3n) is 1.39. The molecule has 4 heteroatoms. The summed E-state index contributed by atoms with van der Waals surface area (Å²) in [5, 5.41) is 0. The van der Waals surface area contributed by atoms with Crippen LogP contribution in [0.5, 0.6) is 0 Å². The fourth-order valence-corrected chi connectivity index (χ4v) is 0.666. The largest absolute Gasteiger partial charge is 0.330 e. The quantitative estimate of drug-likeness (QED) is 0.608. The first-order chi connectivity index (χ1) is 6.04. The van der Waals surface area contributed by atoms with Crippen LogP contribution in [0.4, 0.5) is 0 Å². The summed E-state index contributed by atoms with van der Waals surface area (Å²) in [5.74, 6) is 0. The van der Waals surface area contributed by atoms with Crippen molar-refractivity contribution in [3.63, 3.8) is 0 Å². The lowest BCUT2D eigenvalue weighted by Gasteiger charge is -2.05. The van der Waals surface area contributed by atoms with E-state index in [1.165, 1.54) is 0 Å². The molecule has 0 aromatic rings. The summed E-state index contributed by atoms with van der Waals surface area (Å²) in [6.07, 6.45) is 1.10. The van der Waals surface area contributed by atoms with Gasteiger partial charge >= 0.3 is 0 Å². The Morgan fingerprint density at radius 3 is 1.31 bits per heavy atom. The lowest BCUT2D eigenvalue weighted by molar-refractivity contribution is 0.403. The minimum Gasteiger partial charge on any atom is -0.330 e. The van der Waals surface area contributed by atoms with Gasteiger partial charge in [0.15, 0.2) is 0 Å². The fourth-order valence-electron chi connectivity index (χ4n) is 0.666. The Labute approximate surface area is 82.9 Å². The highest BCUT2D eigenvalue weighted by molar-refractivity contribution is 4.42. The highest BCUT2D eigenvalue weighted by atomic mass is 15.1. The molecule has 0 aliphatic heterocycles. The number of hydrogen-bond donors (Lipinski definition) is 2. The Kier molecular flexibility index (Phi) is 14.0. The van der Waals surface area contributed by atoms with Gasteiger partial charge in [0.2, 0.25) is 0 Å². The fraction of sp³-hybridized carbons (Fsp3) is 1.00. The van der Waals surface area contributed by atoms with Crippen LogP contribution in [0.2, 0.25) is 0 Å². The molecular formula is C9H26N4. The summed E-state index contributed by atoms with van der Waals surface area (Å²) in [6.45, 7) is 3.65. The van der Waals surface area contributed by atoms with E-state index >= 15 is 0 Å². The molecule has 0 bridgehead atoms. The third kappa shape index (κ3) is 24.5. The molecule has 0 aliphatic rings. The van der Waals surface area contributed by atoms with Crippen molar-refractivity contribution in [2.45, 2.75) is 6.42 Å². The Bertz CT molecular complexity index is 83.7. The Morgan fingerprint density at radius 1 is 0.769 bits per heavy atom. The Balaban J connectivity index is 0. The van der Waals surface area contributed by atoms with E-state index in [1.807, 2.05) is 14.1 Å². The van der Waals surface area contributed by atoms with E-state index in [9.17, 15) is 0 Å². The number of likely N-dealkylation sites (N-methyl/N-ethyl adjacent to an activating group) is 1. The number of nitrogens with two attached hydrogens (primary N) is 2. The zero-order valence-corrected chi connectivity index (χ0v) is 9.58. The van der Waals surface area contributed by atoms with Gasteiger partial charge in [-0.05, 0) is 47.7 Å². The molecule has 0 fully saturated rings. The second-order valence-electron chi connectivity index (χ2n) is 3.54. The van der Waals surface area contributed by atoms with E-state index in [2.05, 4.69) is 23.9 Å². The van der Waals surface area contributed by atoms with Gasteiger partial charge in [-0.25, -0.2) is 0 Å². The van der Waals surface area contributed by atoms with Crippen molar-refractivity contribution in [2.75, 3.05) is 54.4 Å². The van der Waals surface area contributed by atoms with Crippen LogP contribution in [-0.2, 0) is 0 Å². The highest BCUT2D eigenvalue weighted by Crippen LogP contribution is 1.76. The third-order valence-corrected chi connectivity index (χ3v) is 1.39. The summed E-state index contributed by atoms with van der Waals surface area (Å²) in [6, 6.07) is 0. The van der Waals surface area contributed by atoms with Crippen LogP contribution in [0.15, 0.2) is 0 Å². The summed E-state index contributed by atoms with van der Waals surface area (Å²) < 4.78 is 0. The maximum absolute atomic E-state index is 5.25. The normalized spacial score (nSPS) is 10.2. The monoisotopic (exact) mass is 190 g/mol. The van der Waals surface area contributed by atoms with Crippen LogP contribution in [0.25, 0.3) is 0 Å². The smallest absolute Gasteiger partial charge is 0.00985 e. The van der Waals surface area contributed by atoms with E-state index in [1.54, 1.807) is 0 Å². The average molecular weight is 190 g/mol. The maximum Gasteiger partial charge on any atom is 0.00985 e. The van der Waals surface area contributed by atoms with Gasteiger partial charge in [0, 0.05) is 13.1 Å². The molecule has 0 radical (unpaired) electrons. The van der Waals surface area contributed by atoms with E-state index < -0.39 is 0 Å². The molecule has 4 nitrogen and oxygen atoms in total. The van der Waals surface area contributed by atoms with Gasteiger partial charge < -0.3 is 21.3 Å². The number of hydrogen-bond acceptors (Lipinski definition) is 4. The predicted octanol–water partition coefficient (Wildman–Crippen LogP) is -0.596. The first-order valence-corrected chi connectivity index (χ1v) is 4.74. The van der Waals surface area contributed by atoms with Crippen molar-refractivity contribution in [1.29, 1.82) is 0 Å². The van der Waals surface area contributed by atoms with E-state index in [4.69, 9.17) is 11.5 Å². The summed E-state index contributed by atoms with van der Waals surface area (Å²) in [7, 11) is 8.12. The van der Waals surface area contributed by atoms with Crippen LogP contribution >= 0.6 is 0 Å². The van der Waals surface area contributed by atoms with Crippen LogP contribution in [0, 0.1) is 0 Å². The lowest BCUT2D eigenvalue weighted by atomic mass is 10.4. The SMILES string of the molecule is CN(C)CCCN.CN(C)CCN.